The zero-order valence-electron chi connectivity index (χ0n) is 12.0. The summed E-state index contributed by atoms with van der Waals surface area (Å²) in [5.74, 6) is 0.510. The fourth-order valence-corrected chi connectivity index (χ4v) is 2.96. The minimum Gasteiger partial charge on any atom is -0.294 e. The number of hydrogen-bond acceptors (Lipinski definition) is 4. The molecular formula is C13H18N4O2S. The average molecular weight is 294 g/mol. The van der Waals surface area contributed by atoms with Crippen molar-refractivity contribution in [1.29, 1.82) is 0 Å². The lowest BCUT2D eigenvalue weighted by Gasteiger charge is -2.13. The molecular weight excluding hydrogens is 276 g/mol. The van der Waals surface area contributed by atoms with E-state index in [0.29, 0.717) is 5.82 Å². The number of nitrogens with zero attached hydrogens (tertiary/aromatic N) is 3. The highest BCUT2D eigenvalue weighted by atomic mass is 32.2. The van der Waals surface area contributed by atoms with Crippen LogP contribution in [-0.2, 0) is 10.0 Å². The molecule has 0 unspecified atom stereocenters. The van der Waals surface area contributed by atoms with Crippen molar-refractivity contribution in [3.8, 4) is 11.4 Å². The monoisotopic (exact) mass is 294 g/mol. The van der Waals surface area contributed by atoms with Crippen LogP contribution in [0, 0.1) is 13.8 Å². The molecule has 0 saturated heterocycles. The molecule has 0 aliphatic rings. The van der Waals surface area contributed by atoms with Crippen LogP contribution in [0.1, 0.15) is 31.0 Å². The maximum atomic E-state index is 11.6. The number of rotatable bonds is 3. The van der Waals surface area contributed by atoms with E-state index in [-0.39, 0.29) is 11.2 Å². The van der Waals surface area contributed by atoms with E-state index in [4.69, 9.17) is 5.14 Å². The third kappa shape index (κ3) is 2.73. The predicted molar refractivity (Wildman–Crippen MR) is 76.7 cm³/mol. The lowest BCUT2D eigenvalue weighted by Crippen LogP contribution is -2.20. The summed E-state index contributed by atoms with van der Waals surface area (Å²) in [6.45, 7) is 7.69. The first-order valence-corrected chi connectivity index (χ1v) is 7.81. The third-order valence-electron chi connectivity index (χ3n) is 2.92. The van der Waals surface area contributed by atoms with Crippen molar-refractivity contribution < 1.29 is 8.42 Å². The van der Waals surface area contributed by atoms with Crippen LogP contribution < -0.4 is 5.14 Å². The molecule has 20 heavy (non-hydrogen) atoms. The van der Waals surface area contributed by atoms with E-state index in [2.05, 4.69) is 10.2 Å². The van der Waals surface area contributed by atoms with Gasteiger partial charge in [-0.05, 0) is 39.8 Å². The van der Waals surface area contributed by atoms with E-state index < -0.39 is 10.0 Å². The molecule has 2 aromatic rings. The number of aromatic nitrogens is 3. The van der Waals surface area contributed by atoms with Gasteiger partial charge in [0, 0.05) is 11.6 Å². The minimum atomic E-state index is -3.90. The average Bonchev–Trinajstić information content (AvgIpc) is 2.71. The molecule has 0 spiro atoms. The van der Waals surface area contributed by atoms with Crippen LogP contribution in [0.5, 0.6) is 0 Å². The van der Waals surface area contributed by atoms with E-state index in [9.17, 15) is 8.42 Å². The summed E-state index contributed by atoms with van der Waals surface area (Å²) in [5.41, 5.74) is 2.99. The van der Waals surface area contributed by atoms with Gasteiger partial charge in [0.15, 0.2) is 5.82 Å². The Bertz CT molecular complexity index is 727. The Morgan fingerprint density at radius 3 is 2.10 bits per heavy atom. The third-order valence-corrected chi connectivity index (χ3v) is 3.70. The number of primary sulfonamides is 1. The molecule has 1 heterocycles. The number of aryl methyl sites for hydroxylation is 2. The zero-order chi connectivity index (χ0) is 15.1. The van der Waals surface area contributed by atoms with Gasteiger partial charge < -0.3 is 0 Å². The van der Waals surface area contributed by atoms with Crippen LogP contribution in [0.2, 0.25) is 0 Å². The largest absolute Gasteiger partial charge is 0.294 e. The van der Waals surface area contributed by atoms with Gasteiger partial charge in [-0.25, -0.2) is 13.6 Å². The van der Waals surface area contributed by atoms with E-state index in [1.807, 2.05) is 45.9 Å². The molecule has 108 valence electrons. The Morgan fingerprint density at radius 2 is 1.65 bits per heavy atom. The van der Waals surface area contributed by atoms with Crippen LogP contribution in [0.3, 0.4) is 0 Å². The molecule has 0 radical (unpaired) electrons. The first-order chi connectivity index (χ1) is 9.20. The molecule has 0 bridgehead atoms. The summed E-state index contributed by atoms with van der Waals surface area (Å²) < 4.78 is 24.7. The van der Waals surface area contributed by atoms with E-state index >= 15 is 0 Å². The normalized spacial score (nSPS) is 12.1. The molecule has 7 heteroatoms. The quantitative estimate of drug-likeness (QED) is 0.934. The number of hydrogen-bond donors (Lipinski definition) is 1. The second-order valence-corrected chi connectivity index (χ2v) is 6.65. The van der Waals surface area contributed by atoms with Crippen LogP contribution in [0.15, 0.2) is 23.4 Å². The van der Waals surface area contributed by atoms with E-state index in [0.717, 1.165) is 16.7 Å². The molecule has 0 fully saturated rings. The summed E-state index contributed by atoms with van der Waals surface area (Å²) in [4.78, 5) is 0. The summed E-state index contributed by atoms with van der Waals surface area (Å²) in [5, 5.41) is 12.7. The Balaban J connectivity index is 2.72. The zero-order valence-corrected chi connectivity index (χ0v) is 12.8. The van der Waals surface area contributed by atoms with Gasteiger partial charge in [0.25, 0.3) is 15.2 Å². The highest BCUT2D eigenvalue weighted by molar-refractivity contribution is 7.89. The Morgan fingerprint density at radius 1 is 1.10 bits per heavy atom. The number of nitrogens with two attached hydrogens (primary N) is 1. The SMILES string of the molecule is Cc1cc(C)cc(-c2nnc(S(N)(=O)=O)n2C(C)C)c1. The molecule has 0 aliphatic heterocycles. The van der Waals surface area contributed by atoms with Crippen molar-refractivity contribution in [1.82, 2.24) is 14.8 Å². The van der Waals surface area contributed by atoms with Gasteiger partial charge in [0.1, 0.15) is 0 Å². The van der Waals surface area contributed by atoms with Gasteiger partial charge in [0.2, 0.25) is 0 Å². The second kappa shape index (κ2) is 4.99. The Kier molecular flexibility index (Phi) is 3.66. The molecule has 2 rings (SSSR count). The van der Waals surface area contributed by atoms with Gasteiger partial charge in [-0.3, -0.25) is 4.57 Å². The highest BCUT2D eigenvalue weighted by Gasteiger charge is 2.23. The van der Waals surface area contributed by atoms with E-state index in [1.54, 1.807) is 4.57 Å². The van der Waals surface area contributed by atoms with Gasteiger partial charge in [-0.15, -0.1) is 10.2 Å². The molecule has 6 nitrogen and oxygen atoms in total. The van der Waals surface area contributed by atoms with Crippen molar-refractivity contribution >= 4 is 10.0 Å². The van der Waals surface area contributed by atoms with E-state index in [1.165, 1.54) is 0 Å². The van der Waals surface area contributed by atoms with Crippen molar-refractivity contribution in [2.45, 2.75) is 38.9 Å². The smallest absolute Gasteiger partial charge is 0.273 e. The topological polar surface area (TPSA) is 90.9 Å². The van der Waals surface area contributed by atoms with Crippen LogP contribution in [0.4, 0.5) is 0 Å². The number of sulfonamides is 1. The molecule has 0 atom stereocenters. The fourth-order valence-electron chi connectivity index (χ4n) is 2.24. The van der Waals surface area contributed by atoms with Gasteiger partial charge in [-0.2, -0.15) is 0 Å². The van der Waals surface area contributed by atoms with Gasteiger partial charge in [0.05, 0.1) is 0 Å². The summed E-state index contributed by atoms with van der Waals surface area (Å²) in [6.07, 6.45) is 0. The number of benzene rings is 1. The predicted octanol–water partition coefficient (Wildman–Crippen LogP) is 1.79. The van der Waals surface area contributed by atoms with Crippen LogP contribution in [0.25, 0.3) is 11.4 Å². The summed E-state index contributed by atoms with van der Waals surface area (Å²) in [6, 6.07) is 5.82. The molecule has 0 amide bonds. The lowest BCUT2D eigenvalue weighted by molar-refractivity contribution is 0.524. The minimum absolute atomic E-state index is 0.117. The maximum absolute atomic E-state index is 11.6. The Labute approximate surface area is 118 Å². The Hall–Kier alpha value is -1.73. The van der Waals surface area contributed by atoms with Crippen LogP contribution >= 0.6 is 0 Å². The fraction of sp³-hybridized carbons (Fsp3) is 0.385. The van der Waals surface area contributed by atoms with Crippen molar-refractivity contribution in [3.05, 3.63) is 29.3 Å². The van der Waals surface area contributed by atoms with Crippen molar-refractivity contribution in [3.63, 3.8) is 0 Å². The van der Waals surface area contributed by atoms with Gasteiger partial charge >= 0.3 is 0 Å². The molecule has 1 aromatic carbocycles. The maximum Gasteiger partial charge on any atom is 0.273 e. The molecule has 2 N–H and O–H groups in total. The van der Waals surface area contributed by atoms with Crippen molar-refractivity contribution in [2.75, 3.05) is 0 Å². The van der Waals surface area contributed by atoms with Gasteiger partial charge in [-0.1, -0.05) is 17.2 Å². The van der Waals surface area contributed by atoms with Crippen molar-refractivity contribution in [2.24, 2.45) is 5.14 Å². The molecule has 1 aromatic heterocycles. The first kappa shape index (κ1) is 14.7. The molecule has 0 aliphatic carbocycles. The summed E-state index contributed by atoms with van der Waals surface area (Å²) in [7, 11) is -3.90. The lowest BCUT2D eigenvalue weighted by atomic mass is 10.1. The molecule has 0 saturated carbocycles. The standard InChI is InChI=1S/C13H18N4O2S/c1-8(2)17-12(15-16-13(17)20(14,18)19)11-6-9(3)5-10(4)7-11/h5-8H,1-4H3,(H2,14,18,19). The first-order valence-electron chi connectivity index (χ1n) is 6.26. The van der Waals surface area contributed by atoms with Crippen LogP contribution in [-0.4, -0.2) is 23.2 Å². The second-order valence-electron chi connectivity index (χ2n) is 5.19. The summed E-state index contributed by atoms with van der Waals surface area (Å²) >= 11 is 0. The highest BCUT2D eigenvalue weighted by Crippen LogP contribution is 2.25.